The third-order valence-corrected chi connectivity index (χ3v) is 15.7. The van der Waals surface area contributed by atoms with Gasteiger partial charge in [0.2, 0.25) is 0 Å². The predicted octanol–water partition coefficient (Wildman–Crippen LogP) is 13.4. The van der Waals surface area contributed by atoms with E-state index in [2.05, 4.69) is 13.2 Å². The van der Waals surface area contributed by atoms with Crippen molar-refractivity contribution in [3.63, 3.8) is 0 Å². The maximum absolute atomic E-state index is 14.8. The van der Waals surface area contributed by atoms with Crippen LogP contribution in [-0.2, 0) is 82.9 Å². The molecule has 20 nitrogen and oxygen atoms in total. The number of Topliss-reactive ketones (excluding diaryl/α,β-unsaturated/α-hetero) is 4. The van der Waals surface area contributed by atoms with Crippen LogP contribution in [0.5, 0.6) is 23.0 Å². The fourth-order valence-corrected chi connectivity index (χ4v) is 11.0. The standard InChI is InChI=1S/C76H96O20/c1-9-17-21-25-63(77)51-37-55-45-59-41-53(65(79)27-23-19-11-3)43-61(75(59)95-35-31-91-71(85)49-69(83)87-15-7)47-57-39-52(64(78)26-22-18-10-2)40-58(74(57)94-34-30-90-68(82)14-6)48-62-44-54(66(80)28-24-20-12-4)42-60(46-56(38-51)73(55)93-33-29-89-67(81)13-5)76(62)96-36-32-92-72(86)50-70(84)88-16-8/h13-14,37-44H,5-6,9-12,15-36,45-50H2,1-4,7-8H3. The molecule has 0 unspecified atom stereocenters. The SMILES string of the molecule is C=CC(=O)OCCOc1c2cc(C(=O)CCCCC)cc1Cc1cc(C(=O)CCCCC)cc(c1OCCOC(=O)CC(=O)OCC)Cc1cc(C(=O)CCCCC)cc(c1OCCOC(=O)C=C)Cc1cc(C(=O)CCCCC)cc(c1OCCOC(=O)CC(=O)OCC)C2. The molecule has 0 atom stereocenters. The summed E-state index contributed by atoms with van der Waals surface area (Å²) in [5.74, 6) is -4.36. The summed E-state index contributed by atoms with van der Waals surface area (Å²) in [6.45, 7) is 16.5. The van der Waals surface area contributed by atoms with Gasteiger partial charge in [-0.15, -0.1) is 0 Å². The van der Waals surface area contributed by atoms with E-state index in [1.807, 2.05) is 27.7 Å². The van der Waals surface area contributed by atoms with E-state index in [0.29, 0.717) is 92.4 Å². The van der Waals surface area contributed by atoms with Crippen molar-refractivity contribution in [2.75, 3.05) is 66.1 Å². The number of esters is 6. The quantitative estimate of drug-likeness (QED) is 0.00876. The molecule has 4 aromatic rings. The molecule has 0 N–H and O–H groups in total. The van der Waals surface area contributed by atoms with Crippen molar-refractivity contribution in [1.82, 2.24) is 0 Å². The highest BCUT2D eigenvalue weighted by atomic mass is 16.6. The summed E-state index contributed by atoms with van der Waals surface area (Å²) < 4.78 is 59.0. The second-order valence-corrected chi connectivity index (χ2v) is 23.3. The van der Waals surface area contributed by atoms with Crippen LogP contribution >= 0.6 is 0 Å². The molecule has 0 saturated heterocycles. The minimum absolute atomic E-state index is 0.0584. The Morgan fingerprint density at radius 2 is 0.531 bits per heavy atom. The van der Waals surface area contributed by atoms with Crippen molar-refractivity contribution in [2.24, 2.45) is 0 Å². The second-order valence-electron chi connectivity index (χ2n) is 23.3. The van der Waals surface area contributed by atoms with Gasteiger partial charge in [-0.05, 0) is 133 Å². The fraction of sp³-hybridized carbons (Fsp3) is 0.500. The molecular weight excluding hydrogens is 1230 g/mol. The largest absolute Gasteiger partial charge is 0.489 e. The van der Waals surface area contributed by atoms with Gasteiger partial charge < -0.3 is 47.4 Å². The molecule has 0 amide bonds. The van der Waals surface area contributed by atoms with Crippen LogP contribution in [0.1, 0.15) is 243 Å². The van der Waals surface area contributed by atoms with E-state index in [1.165, 1.54) is 0 Å². The third-order valence-electron chi connectivity index (χ3n) is 15.7. The lowest BCUT2D eigenvalue weighted by Crippen LogP contribution is -2.18. The fourth-order valence-electron chi connectivity index (χ4n) is 11.0. The molecule has 8 bridgehead atoms. The molecule has 520 valence electrons. The number of carbonyl (C=O) groups excluding carboxylic acids is 10. The predicted molar refractivity (Wildman–Crippen MR) is 360 cm³/mol. The molecule has 20 heteroatoms. The molecule has 0 radical (unpaired) electrons. The van der Waals surface area contributed by atoms with Gasteiger partial charge in [0.15, 0.2) is 23.1 Å². The van der Waals surface area contributed by atoms with Crippen LogP contribution in [0.25, 0.3) is 0 Å². The zero-order valence-electron chi connectivity index (χ0n) is 57.0. The Labute approximate surface area is 564 Å². The number of hydrogen-bond donors (Lipinski definition) is 0. The number of rotatable bonds is 44. The Morgan fingerprint density at radius 1 is 0.312 bits per heavy atom. The summed E-state index contributed by atoms with van der Waals surface area (Å²) in [4.78, 5) is 135. The van der Waals surface area contributed by atoms with Gasteiger partial charge in [-0.2, -0.15) is 0 Å². The summed E-state index contributed by atoms with van der Waals surface area (Å²) in [5, 5.41) is 0. The Hall–Kier alpha value is -8.94. The second kappa shape index (κ2) is 42.5. The van der Waals surface area contributed by atoms with Gasteiger partial charge in [-0.25, -0.2) is 9.59 Å². The number of ether oxygens (including phenoxy) is 10. The average molecular weight is 1330 g/mol. The van der Waals surface area contributed by atoms with E-state index in [9.17, 15) is 47.9 Å². The normalized spacial score (nSPS) is 11.5. The van der Waals surface area contributed by atoms with E-state index in [0.717, 1.165) is 63.5 Å². The molecule has 96 heavy (non-hydrogen) atoms. The Morgan fingerprint density at radius 3 is 0.740 bits per heavy atom. The van der Waals surface area contributed by atoms with Crippen molar-refractivity contribution >= 4 is 58.9 Å². The minimum atomic E-state index is -0.852. The van der Waals surface area contributed by atoms with Gasteiger partial charge >= 0.3 is 35.8 Å². The molecule has 0 aromatic heterocycles. The van der Waals surface area contributed by atoms with E-state index >= 15 is 0 Å². The van der Waals surface area contributed by atoms with Gasteiger partial charge in [0.1, 0.15) is 88.7 Å². The molecular formula is C76H96O20. The monoisotopic (exact) mass is 1330 g/mol. The third kappa shape index (κ3) is 25.7. The number of unbranched alkanes of at least 4 members (excludes halogenated alkanes) is 8. The van der Waals surface area contributed by atoms with Crippen LogP contribution in [-0.4, -0.2) is 125 Å². The number of carbonyl (C=O) groups is 10. The first-order valence-electron chi connectivity index (χ1n) is 33.9. The van der Waals surface area contributed by atoms with Gasteiger partial charge in [0.05, 0.1) is 13.2 Å². The Balaban J connectivity index is 2.00. The molecule has 1 aliphatic carbocycles. The summed E-state index contributed by atoms with van der Waals surface area (Å²) in [7, 11) is 0. The first-order valence-corrected chi connectivity index (χ1v) is 33.9. The van der Waals surface area contributed by atoms with Crippen LogP contribution < -0.4 is 18.9 Å². The number of hydrogen-bond acceptors (Lipinski definition) is 20. The van der Waals surface area contributed by atoms with Crippen molar-refractivity contribution in [2.45, 2.75) is 183 Å². The van der Waals surface area contributed by atoms with E-state index in [1.54, 1.807) is 62.4 Å². The maximum Gasteiger partial charge on any atom is 0.330 e. The van der Waals surface area contributed by atoms with Crippen LogP contribution in [0.3, 0.4) is 0 Å². The molecule has 0 aliphatic heterocycles. The maximum atomic E-state index is 14.8. The van der Waals surface area contributed by atoms with Gasteiger partial charge in [-0.1, -0.05) is 92.2 Å². The minimum Gasteiger partial charge on any atom is -0.489 e. The van der Waals surface area contributed by atoms with E-state index in [-0.39, 0.29) is 164 Å². The Kier molecular flexibility index (Phi) is 34.4. The molecule has 4 aromatic carbocycles. The van der Waals surface area contributed by atoms with Crippen molar-refractivity contribution in [1.29, 1.82) is 0 Å². The highest BCUT2D eigenvalue weighted by Crippen LogP contribution is 2.42. The van der Waals surface area contributed by atoms with Gasteiger partial charge in [-0.3, -0.25) is 38.4 Å². The lowest BCUT2D eigenvalue weighted by Gasteiger charge is -2.25. The topological polar surface area (TPSA) is 263 Å². The summed E-state index contributed by atoms with van der Waals surface area (Å²) in [6.07, 6.45) is 10.0. The Bertz CT molecular complexity index is 3040. The lowest BCUT2D eigenvalue weighted by atomic mass is 9.86. The van der Waals surface area contributed by atoms with Crippen molar-refractivity contribution < 1.29 is 95.3 Å². The lowest BCUT2D eigenvalue weighted by molar-refractivity contribution is -0.156. The highest BCUT2D eigenvalue weighted by Gasteiger charge is 2.28. The molecule has 0 spiro atoms. The summed E-state index contributed by atoms with van der Waals surface area (Å²) in [6, 6.07) is 13.8. The van der Waals surface area contributed by atoms with Crippen LogP contribution in [0, 0.1) is 0 Å². The molecule has 0 saturated carbocycles. The summed E-state index contributed by atoms with van der Waals surface area (Å²) in [5.41, 5.74) is 4.72. The van der Waals surface area contributed by atoms with Crippen molar-refractivity contribution in [3.8, 4) is 23.0 Å². The molecule has 0 fully saturated rings. The van der Waals surface area contributed by atoms with E-state index in [4.69, 9.17) is 47.4 Å². The van der Waals surface area contributed by atoms with Crippen LogP contribution in [0.2, 0.25) is 0 Å². The summed E-state index contributed by atoms with van der Waals surface area (Å²) >= 11 is 0. The average Bonchev–Trinajstić information content (AvgIpc) is 0.774. The number of ketones is 4. The molecule has 5 rings (SSSR count). The van der Waals surface area contributed by atoms with Crippen LogP contribution in [0.15, 0.2) is 73.8 Å². The first-order chi connectivity index (χ1) is 46.4. The zero-order valence-corrected chi connectivity index (χ0v) is 57.0. The van der Waals surface area contributed by atoms with Crippen molar-refractivity contribution in [3.05, 3.63) is 141 Å². The smallest absolute Gasteiger partial charge is 0.330 e. The number of fused-ring (bicyclic) bond motifs is 8. The van der Waals surface area contributed by atoms with Gasteiger partial charge in [0, 0.05) is 85.8 Å². The first kappa shape index (κ1) is 77.8. The van der Waals surface area contributed by atoms with Gasteiger partial charge in [0.25, 0.3) is 0 Å². The zero-order chi connectivity index (χ0) is 69.8. The molecule has 0 heterocycles. The van der Waals surface area contributed by atoms with E-state index < -0.39 is 48.7 Å². The van der Waals surface area contributed by atoms with Crippen LogP contribution in [0.4, 0.5) is 0 Å². The number of benzene rings is 4. The molecule has 1 aliphatic rings. The highest BCUT2D eigenvalue weighted by molar-refractivity contribution is 5.99.